The lowest BCUT2D eigenvalue weighted by Gasteiger charge is -2.06. The lowest BCUT2D eigenvalue weighted by atomic mass is 10.1. The fourth-order valence-electron chi connectivity index (χ4n) is 1.56. The average Bonchev–Trinajstić information content (AvgIpc) is 2.32. The molecule has 0 aliphatic heterocycles. The van der Waals surface area contributed by atoms with Gasteiger partial charge in [-0.1, -0.05) is 12.1 Å². The van der Waals surface area contributed by atoms with Crippen LogP contribution in [0.2, 0.25) is 0 Å². The normalized spacial score (nSPS) is 10.4. The third kappa shape index (κ3) is 3.50. The summed E-state index contributed by atoms with van der Waals surface area (Å²) in [5.74, 6) is -0.473. The highest BCUT2D eigenvalue weighted by atomic mass is 79.9. The highest BCUT2D eigenvalue weighted by Gasteiger charge is 2.03. The Hall–Kier alpha value is -1.49. The maximum atomic E-state index is 13.4. The minimum absolute atomic E-state index is 0.203. The van der Waals surface area contributed by atoms with E-state index in [9.17, 15) is 8.78 Å². The molecule has 1 N–H and O–H groups in total. The molecule has 1 heterocycles. The number of hydrogen-bond acceptors (Lipinski definition) is 2. The van der Waals surface area contributed by atoms with Gasteiger partial charge in [0.1, 0.15) is 5.82 Å². The molecule has 94 valence electrons. The van der Waals surface area contributed by atoms with Gasteiger partial charge >= 0.3 is 0 Å². The van der Waals surface area contributed by atoms with Crippen molar-refractivity contribution in [1.29, 1.82) is 0 Å². The number of pyridine rings is 1. The molecule has 1 aromatic carbocycles. The Morgan fingerprint density at radius 1 is 1.22 bits per heavy atom. The lowest BCUT2D eigenvalue weighted by Crippen LogP contribution is -2.08. The van der Waals surface area contributed by atoms with Crippen LogP contribution >= 0.6 is 15.9 Å². The molecule has 0 saturated heterocycles. The molecule has 0 unspecified atom stereocenters. The van der Waals surface area contributed by atoms with E-state index in [-0.39, 0.29) is 11.6 Å². The average molecular weight is 313 g/mol. The van der Waals surface area contributed by atoms with Crippen molar-refractivity contribution >= 4 is 21.7 Å². The largest absolute Gasteiger partial charge is 0.367 e. The van der Waals surface area contributed by atoms with E-state index in [2.05, 4.69) is 26.2 Å². The van der Waals surface area contributed by atoms with Crippen LogP contribution in [-0.4, -0.2) is 11.5 Å². The van der Waals surface area contributed by atoms with Crippen molar-refractivity contribution in [2.24, 2.45) is 0 Å². The van der Waals surface area contributed by atoms with Gasteiger partial charge in [-0.25, -0.2) is 13.8 Å². The van der Waals surface area contributed by atoms with Crippen LogP contribution in [0.3, 0.4) is 0 Å². The molecule has 0 aliphatic carbocycles. The van der Waals surface area contributed by atoms with Gasteiger partial charge in [-0.05, 0) is 46.1 Å². The number of anilines is 1. The maximum absolute atomic E-state index is 13.4. The summed E-state index contributed by atoms with van der Waals surface area (Å²) < 4.78 is 26.9. The van der Waals surface area contributed by atoms with E-state index >= 15 is 0 Å². The fraction of sp³-hybridized carbons (Fsp3) is 0.154. The molecular formula is C13H11BrF2N2. The maximum Gasteiger partial charge on any atom is 0.166 e. The third-order valence-electron chi connectivity index (χ3n) is 2.40. The Bertz CT molecular complexity index is 546. The van der Waals surface area contributed by atoms with Crippen molar-refractivity contribution in [1.82, 2.24) is 4.98 Å². The SMILES string of the molecule is Fc1cccc(CCNc2ncc(Br)cc2F)c1. The van der Waals surface area contributed by atoms with Gasteiger partial charge in [0.2, 0.25) is 0 Å². The molecule has 0 spiro atoms. The summed E-state index contributed by atoms with van der Waals surface area (Å²) in [6.07, 6.45) is 2.13. The van der Waals surface area contributed by atoms with Crippen LogP contribution in [0.5, 0.6) is 0 Å². The summed E-state index contributed by atoms with van der Waals surface area (Å²) in [6.45, 7) is 0.495. The molecule has 0 radical (unpaired) electrons. The second-order valence-electron chi connectivity index (χ2n) is 3.79. The summed E-state index contributed by atoms with van der Waals surface area (Å²) in [7, 11) is 0. The first-order valence-electron chi connectivity index (χ1n) is 5.44. The molecule has 2 aromatic rings. The Labute approximate surface area is 112 Å². The van der Waals surface area contributed by atoms with Gasteiger partial charge in [-0.2, -0.15) is 0 Å². The van der Waals surface area contributed by atoms with Gasteiger partial charge in [0, 0.05) is 17.2 Å². The number of rotatable bonds is 4. The predicted molar refractivity (Wildman–Crippen MR) is 70.5 cm³/mol. The van der Waals surface area contributed by atoms with Gasteiger partial charge in [0.15, 0.2) is 11.6 Å². The van der Waals surface area contributed by atoms with Crippen LogP contribution in [0.4, 0.5) is 14.6 Å². The van der Waals surface area contributed by atoms with E-state index in [0.29, 0.717) is 17.4 Å². The number of halogens is 3. The summed E-state index contributed by atoms with van der Waals surface area (Å²) >= 11 is 3.14. The summed E-state index contributed by atoms with van der Waals surface area (Å²) in [6, 6.07) is 7.69. The molecule has 0 fully saturated rings. The summed E-state index contributed by atoms with van der Waals surface area (Å²) in [5, 5.41) is 2.88. The predicted octanol–water partition coefficient (Wildman–Crippen LogP) is 3.78. The van der Waals surface area contributed by atoms with Crippen molar-refractivity contribution in [3.05, 3.63) is 58.2 Å². The fourth-order valence-corrected chi connectivity index (χ4v) is 1.87. The zero-order valence-electron chi connectivity index (χ0n) is 9.46. The first kappa shape index (κ1) is 13.0. The summed E-state index contributed by atoms with van der Waals surface area (Å²) in [4.78, 5) is 3.92. The van der Waals surface area contributed by atoms with E-state index in [1.54, 1.807) is 6.07 Å². The number of nitrogens with one attached hydrogen (secondary N) is 1. The van der Waals surface area contributed by atoms with E-state index in [1.165, 1.54) is 24.4 Å². The molecule has 0 atom stereocenters. The van der Waals surface area contributed by atoms with Gasteiger partial charge in [0.05, 0.1) is 0 Å². The zero-order valence-corrected chi connectivity index (χ0v) is 11.0. The van der Waals surface area contributed by atoms with Gasteiger partial charge in [-0.15, -0.1) is 0 Å². The number of benzene rings is 1. The number of nitrogens with zero attached hydrogens (tertiary/aromatic N) is 1. The van der Waals surface area contributed by atoms with E-state index in [4.69, 9.17) is 0 Å². The minimum Gasteiger partial charge on any atom is -0.367 e. The van der Waals surface area contributed by atoms with Crippen molar-refractivity contribution in [3.8, 4) is 0 Å². The summed E-state index contributed by atoms with van der Waals surface area (Å²) in [5.41, 5.74) is 0.861. The molecule has 18 heavy (non-hydrogen) atoms. The number of aromatic nitrogens is 1. The topological polar surface area (TPSA) is 24.9 Å². The Kier molecular flexibility index (Phi) is 4.25. The third-order valence-corrected chi connectivity index (χ3v) is 2.84. The first-order chi connectivity index (χ1) is 8.65. The van der Waals surface area contributed by atoms with Crippen LogP contribution in [0, 0.1) is 11.6 Å². The second-order valence-corrected chi connectivity index (χ2v) is 4.71. The molecule has 0 aliphatic rings. The smallest absolute Gasteiger partial charge is 0.166 e. The van der Waals surface area contributed by atoms with Gasteiger partial charge in [-0.3, -0.25) is 0 Å². The molecule has 5 heteroatoms. The molecule has 0 amide bonds. The first-order valence-corrected chi connectivity index (χ1v) is 6.24. The van der Waals surface area contributed by atoms with Crippen LogP contribution in [0.1, 0.15) is 5.56 Å². The zero-order chi connectivity index (χ0) is 13.0. The molecule has 1 aromatic heterocycles. The van der Waals surface area contributed by atoms with E-state index in [1.807, 2.05) is 6.07 Å². The molecule has 0 bridgehead atoms. The van der Waals surface area contributed by atoms with Crippen LogP contribution in [-0.2, 0) is 6.42 Å². The van der Waals surface area contributed by atoms with Gasteiger partial charge in [0.25, 0.3) is 0 Å². The molecular weight excluding hydrogens is 302 g/mol. The molecule has 0 saturated carbocycles. The highest BCUT2D eigenvalue weighted by molar-refractivity contribution is 9.10. The number of hydrogen-bond donors (Lipinski definition) is 1. The minimum atomic E-state index is -0.413. The van der Waals surface area contributed by atoms with Crippen molar-refractivity contribution < 1.29 is 8.78 Å². The van der Waals surface area contributed by atoms with E-state index in [0.717, 1.165) is 5.56 Å². The monoisotopic (exact) mass is 312 g/mol. The van der Waals surface area contributed by atoms with Crippen molar-refractivity contribution in [3.63, 3.8) is 0 Å². The second kappa shape index (κ2) is 5.91. The Balaban J connectivity index is 1.92. The highest BCUT2D eigenvalue weighted by Crippen LogP contribution is 2.16. The van der Waals surface area contributed by atoms with Gasteiger partial charge < -0.3 is 5.32 Å². The van der Waals surface area contributed by atoms with E-state index < -0.39 is 5.82 Å². The van der Waals surface area contributed by atoms with Crippen molar-refractivity contribution in [2.75, 3.05) is 11.9 Å². The Morgan fingerprint density at radius 3 is 2.78 bits per heavy atom. The Morgan fingerprint density at radius 2 is 2.06 bits per heavy atom. The van der Waals surface area contributed by atoms with Crippen molar-refractivity contribution in [2.45, 2.75) is 6.42 Å². The quantitative estimate of drug-likeness (QED) is 0.929. The standard InChI is InChI=1S/C13H11BrF2N2/c14-10-7-12(16)13(18-8-10)17-5-4-9-2-1-3-11(15)6-9/h1-3,6-8H,4-5H2,(H,17,18). The molecule has 2 rings (SSSR count). The van der Waals surface area contributed by atoms with Crippen LogP contribution in [0.15, 0.2) is 41.0 Å². The van der Waals surface area contributed by atoms with Crippen LogP contribution in [0.25, 0.3) is 0 Å². The lowest BCUT2D eigenvalue weighted by molar-refractivity contribution is 0.621. The van der Waals surface area contributed by atoms with Crippen LogP contribution < -0.4 is 5.32 Å². The molecule has 2 nitrogen and oxygen atoms in total.